The normalized spacial score (nSPS) is 20.9. The van der Waals surface area contributed by atoms with Crippen LogP contribution < -0.4 is 20.1 Å². The highest BCUT2D eigenvalue weighted by Gasteiger charge is 2.30. The van der Waals surface area contributed by atoms with Crippen LogP contribution in [0.2, 0.25) is 5.02 Å². The van der Waals surface area contributed by atoms with Crippen molar-refractivity contribution in [1.29, 1.82) is 0 Å². The monoisotopic (exact) mass is 499 g/mol. The maximum atomic E-state index is 14.3. The lowest BCUT2D eigenvalue weighted by Crippen LogP contribution is -2.52. The van der Waals surface area contributed by atoms with Gasteiger partial charge in [0.1, 0.15) is 18.0 Å². The molecule has 2 aliphatic rings. The van der Waals surface area contributed by atoms with E-state index in [-0.39, 0.29) is 17.7 Å². The lowest BCUT2D eigenvalue weighted by atomic mass is 9.91. The van der Waals surface area contributed by atoms with Gasteiger partial charge in [0.25, 0.3) is 0 Å². The molecule has 2 heterocycles. The molecule has 184 valence electrons. The Labute approximate surface area is 207 Å². The van der Waals surface area contributed by atoms with E-state index < -0.39 is 5.82 Å². The Bertz CT molecular complexity index is 1240. The number of nitrogens with one attached hydrogen (secondary N) is 2. The van der Waals surface area contributed by atoms with Crippen LogP contribution in [0.4, 0.5) is 15.9 Å². The zero-order valence-corrected chi connectivity index (χ0v) is 20.1. The number of anilines is 2. The number of carbonyl (C=O) groups excluding carboxylic acids is 1. The number of rotatable bonds is 6. The van der Waals surface area contributed by atoms with Gasteiger partial charge in [0.05, 0.1) is 31.0 Å². The number of benzene rings is 2. The summed E-state index contributed by atoms with van der Waals surface area (Å²) in [6, 6.07) is 8.33. The van der Waals surface area contributed by atoms with E-state index in [1.165, 1.54) is 24.5 Å². The van der Waals surface area contributed by atoms with Crippen molar-refractivity contribution in [1.82, 2.24) is 20.2 Å². The number of hydrogen-bond acceptors (Lipinski definition) is 7. The molecule has 1 amide bonds. The Balaban J connectivity index is 1.35. The van der Waals surface area contributed by atoms with Crippen molar-refractivity contribution in [2.24, 2.45) is 0 Å². The second-order valence-electron chi connectivity index (χ2n) is 8.86. The highest BCUT2D eigenvalue weighted by molar-refractivity contribution is 6.30. The van der Waals surface area contributed by atoms with E-state index >= 15 is 0 Å². The average molecular weight is 500 g/mol. The van der Waals surface area contributed by atoms with Gasteiger partial charge < -0.3 is 20.1 Å². The fourth-order valence-electron chi connectivity index (χ4n) is 4.81. The maximum absolute atomic E-state index is 14.3. The molecule has 10 heteroatoms. The van der Waals surface area contributed by atoms with Crippen molar-refractivity contribution >= 4 is 39.9 Å². The molecule has 5 rings (SSSR count). The Morgan fingerprint density at radius 1 is 1.14 bits per heavy atom. The van der Waals surface area contributed by atoms with Crippen LogP contribution in [-0.2, 0) is 4.79 Å². The first-order valence-corrected chi connectivity index (χ1v) is 12.1. The fraction of sp³-hybridized carbons (Fsp3) is 0.400. The minimum atomic E-state index is -0.436. The minimum Gasteiger partial charge on any atom is -0.493 e. The molecule has 0 bridgehead atoms. The number of halogens is 2. The molecule has 0 atom stereocenters. The predicted octanol–water partition coefficient (Wildman–Crippen LogP) is 4.30. The first-order valence-electron chi connectivity index (χ1n) is 11.7. The third-order valence-electron chi connectivity index (χ3n) is 6.62. The minimum absolute atomic E-state index is 0.0302. The predicted molar refractivity (Wildman–Crippen MR) is 132 cm³/mol. The smallest absolute Gasteiger partial charge is 0.234 e. The number of ether oxygens (including phenoxy) is 2. The van der Waals surface area contributed by atoms with Gasteiger partial charge in [-0.15, -0.1) is 0 Å². The molecule has 2 fully saturated rings. The second-order valence-corrected chi connectivity index (χ2v) is 9.30. The fourth-order valence-corrected chi connectivity index (χ4v) is 4.99. The van der Waals surface area contributed by atoms with Crippen molar-refractivity contribution in [3.63, 3.8) is 0 Å². The van der Waals surface area contributed by atoms with Gasteiger partial charge in [-0.25, -0.2) is 14.4 Å². The van der Waals surface area contributed by atoms with Crippen LogP contribution in [0.15, 0.2) is 36.7 Å². The van der Waals surface area contributed by atoms with Gasteiger partial charge in [0.15, 0.2) is 11.5 Å². The number of piperazine rings is 1. The van der Waals surface area contributed by atoms with E-state index in [2.05, 4.69) is 25.5 Å². The third kappa shape index (κ3) is 5.26. The van der Waals surface area contributed by atoms with Crippen LogP contribution in [0.25, 0.3) is 10.9 Å². The standard InChI is InChI=1S/C25H27ClFN5O3/c1-34-22-12-20-18(25(30-14-29-20)31-21-10-15(26)2-7-19(21)27)11-23(22)35-17-5-3-16(4-6-17)32-9-8-28-24(33)13-32/h2,7,10-12,14,16-17H,3-6,8-9,13H2,1H3,(H,28,33)(H,29,30,31). The van der Waals surface area contributed by atoms with E-state index in [1.54, 1.807) is 13.2 Å². The number of fused-ring (bicyclic) bond motifs is 1. The molecule has 0 spiro atoms. The Hall–Kier alpha value is -3.17. The van der Waals surface area contributed by atoms with Crippen LogP contribution >= 0.6 is 11.6 Å². The van der Waals surface area contributed by atoms with Gasteiger partial charge in [-0.2, -0.15) is 0 Å². The second kappa shape index (κ2) is 10.2. The van der Waals surface area contributed by atoms with Gasteiger partial charge in [0, 0.05) is 35.6 Å². The number of amides is 1. The zero-order valence-electron chi connectivity index (χ0n) is 19.4. The SMILES string of the molecule is COc1cc2ncnc(Nc3cc(Cl)ccc3F)c2cc1OC1CCC(N2CCNC(=O)C2)CC1. The molecule has 1 saturated heterocycles. The van der Waals surface area contributed by atoms with Crippen molar-refractivity contribution in [3.05, 3.63) is 47.5 Å². The summed E-state index contributed by atoms with van der Waals surface area (Å²) in [6.07, 6.45) is 5.15. The van der Waals surface area contributed by atoms with E-state index in [9.17, 15) is 9.18 Å². The maximum Gasteiger partial charge on any atom is 0.234 e. The molecule has 1 saturated carbocycles. The molecule has 2 aromatic carbocycles. The molecule has 2 N–H and O–H groups in total. The molecule has 35 heavy (non-hydrogen) atoms. The average Bonchev–Trinajstić information content (AvgIpc) is 2.86. The van der Waals surface area contributed by atoms with E-state index in [4.69, 9.17) is 21.1 Å². The molecule has 1 aliphatic carbocycles. The quantitative estimate of drug-likeness (QED) is 0.523. The Morgan fingerprint density at radius 3 is 2.74 bits per heavy atom. The number of carbonyl (C=O) groups is 1. The van der Waals surface area contributed by atoms with Crippen LogP contribution in [-0.4, -0.2) is 59.7 Å². The van der Waals surface area contributed by atoms with Crippen LogP contribution in [0.1, 0.15) is 25.7 Å². The summed E-state index contributed by atoms with van der Waals surface area (Å²) in [5, 5.41) is 7.00. The summed E-state index contributed by atoms with van der Waals surface area (Å²) in [6.45, 7) is 2.07. The number of methoxy groups -OCH3 is 1. The van der Waals surface area contributed by atoms with Gasteiger partial charge in [0.2, 0.25) is 5.91 Å². The molecule has 8 nitrogen and oxygen atoms in total. The van der Waals surface area contributed by atoms with Crippen molar-refractivity contribution in [2.75, 3.05) is 32.1 Å². The molecule has 3 aromatic rings. The number of hydrogen-bond donors (Lipinski definition) is 2. The molecule has 0 radical (unpaired) electrons. The number of nitrogens with zero attached hydrogens (tertiary/aromatic N) is 3. The van der Waals surface area contributed by atoms with Gasteiger partial charge in [-0.3, -0.25) is 9.69 Å². The van der Waals surface area contributed by atoms with Gasteiger partial charge in [-0.05, 0) is 49.9 Å². The van der Waals surface area contributed by atoms with Crippen molar-refractivity contribution in [2.45, 2.75) is 37.8 Å². The molecule has 1 aliphatic heterocycles. The van der Waals surface area contributed by atoms with Gasteiger partial charge >= 0.3 is 0 Å². The van der Waals surface area contributed by atoms with Crippen molar-refractivity contribution in [3.8, 4) is 11.5 Å². The van der Waals surface area contributed by atoms with Gasteiger partial charge in [-0.1, -0.05) is 11.6 Å². The first-order chi connectivity index (χ1) is 17.0. The Kier molecular flexibility index (Phi) is 6.88. The summed E-state index contributed by atoms with van der Waals surface area (Å²) < 4.78 is 26.3. The van der Waals surface area contributed by atoms with Crippen LogP contribution in [0.3, 0.4) is 0 Å². The van der Waals surface area contributed by atoms with E-state index in [0.29, 0.717) is 52.4 Å². The zero-order chi connectivity index (χ0) is 24.4. The highest BCUT2D eigenvalue weighted by Crippen LogP contribution is 2.37. The molecule has 0 unspecified atom stereocenters. The molecular weight excluding hydrogens is 473 g/mol. The highest BCUT2D eigenvalue weighted by atomic mass is 35.5. The first kappa shape index (κ1) is 23.6. The largest absolute Gasteiger partial charge is 0.493 e. The lowest BCUT2D eigenvalue weighted by molar-refractivity contribution is -0.125. The lowest BCUT2D eigenvalue weighted by Gasteiger charge is -2.38. The van der Waals surface area contributed by atoms with Crippen LogP contribution in [0, 0.1) is 5.82 Å². The summed E-state index contributed by atoms with van der Waals surface area (Å²) >= 11 is 6.04. The topological polar surface area (TPSA) is 88.6 Å². The summed E-state index contributed by atoms with van der Waals surface area (Å²) in [4.78, 5) is 22.7. The third-order valence-corrected chi connectivity index (χ3v) is 6.86. The van der Waals surface area contributed by atoms with E-state index in [1.807, 2.05) is 6.07 Å². The number of aromatic nitrogens is 2. The molecule has 1 aromatic heterocycles. The Morgan fingerprint density at radius 2 is 1.97 bits per heavy atom. The summed E-state index contributed by atoms with van der Waals surface area (Å²) in [5.41, 5.74) is 0.863. The summed E-state index contributed by atoms with van der Waals surface area (Å²) in [5.74, 6) is 1.26. The van der Waals surface area contributed by atoms with Crippen molar-refractivity contribution < 1.29 is 18.7 Å². The van der Waals surface area contributed by atoms with E-state index in [0.717, 1.165) is 32.2 Å². The summed E-state index contributed by atoms with van der Waals surface area (Å²) in [7, 11) is 1.59. The van der Waals surface area contributed by atoms with Crippen LogP contribution in [0.5, 0.6) is 11.5 Å². The molecular formula is C25H27ClFN5O3.